The zero-order chi connectivity index (χ0) is 11.3. The Hall–Kier alpha value is -0.180. The molecule has 3 heteroatoms. The van der Waals surface area contributed by atoms with E-state index in [2.05, 4.69) is 0 Å². The molecule has 0 bridgehead atoms. The third kappa shape index (κ3) is 1.51. The average molecular weight is 230 g/mol. The molecule has 3 rings (SSSR count). The van der Waals surface area contributed by atoms with Crippen LogP contribution in [0.15, 0.2) is 0 Å². The second-order valence-corrected chi connectivity index (χ2v) is 5.84. The van der Waals surface area contributed by atoms with Gasteiger partial charge < -0.3 is 4.74 Å². The Labute approximate surface area is 95.5 Å². The quantitative estimate of drug-likeness (QED) is 0.620. The highest BCUT2D eigenvalue weighted by Gasteiger charge is 2.54. The van der Waals surface area contributed by atoms with E-state index in [1.54, 1.807) is 0 Å². The number of alkyl halides is 2. The van der Waals surface area contributed by atoms with Crippen molar-refractivity contribution in [1.29, 1.82) is 0 Å². The predicted molar refractivity (Wildman–Crippen MR) is 57.7 cm³/mol. The lowest BCUT2D eigenvalue weighted by Crippen LogP contribution is -2.39. The first kappa shape index (κ1) is 10.9. The van der Waals surface area contributed by atoms with Crippen LogP contribution in [0, 0.1) is 17.8 Å². The highest BCUT2D eigenvalue weighted by Crippen LogP contribution is 2.49. The van der Waals surface area contributed by atoms with Crippen LogP contribution in [0.2, 0.25) is 0 Å². The molecule has 3 fully saturated rings. The first-order valence-electron chi connectivity index (χ1n) is 6.62. The summed E-state index contributed by atoms with van der Waals surface area (Å²) in [5.41, 5.74) is 0. The van der Waals surface area contributed by atoms with Crippen LogP contribution in [-0.2, 0) is 4.74 Å². The minimum atomic E-state index is -0.878. The lowest BCUT2D eigenvalue weighted by atomic mass is 9.70. The smallest absolute Gasteiger partial charge is 0.129 e. The van der Waals surface area contributed by atoms with E-state index >= 15 is 0 Å². The number of fused-ring (bicyclic) bond motifs is 3. The Bertz CT molecular complexity index is 271. The molecule has 0 aromatic rings. The van der Waals surface area contributed by atoms with Gasteiger partial charge in [-0.25, -0.2) is 8.78 Å². The Kier molecular flexibility index (Phi) is 2.69. The van der Waals surface area contributed by atoms with Crippen LogP contribution in [0.4, 0.5) is 8.78 Å². The first-order valence-corrected chi connectivity index (χ1v) is 6.62. The zero-order valence-electron chi connectivity index (χ0n) is 9.74. The topological polar surface area (TPSA) is 9.23 Å². The van der Waals surface area contributed by atoms with E-state index in [-0.39, 0.29) is 24.0 Å². The largest absolute Gasteiger partial charge is 0.368 e. The number of hydrogen-bond acceptors (Lipinski definition) is 1. The fraction of sp³-hybridized carbons (Fsp3) is 1.00. The number of halogens is 2. The summed E-state index contributed by atoms with van der Waals surface area (Å²) in [6.45, 7) is 1.94. The normalized spacial score (nSPS) is 56.8. The molecule has 1 nitrogen and oxygen atoms in total. The van der Waals surface area contributed by atoms with Gasteiger partial charge in [0.25, 0.3) is 0 Å². The lowest BCUT2D eigenvalue weighted by Gasteiger charge is -2.34. The highest BCUT2D eigenvalue weighted by molar-refractivity contribution is 5.01. The van der Waals surface area contributed by atoms with E-state index in [0.717, 1.165) is 25.7 Å². The minimum Gasteiger partial charge on any atom is -0.368 e. The Balaban J connectivity index is 1.81. The van der Waals surface area contributed by atoms with Crippen LogP contribution in [0.3, 0.4) is 0 Å². The third-order valence-corrected chi connectivity index (χ3v) is 4.89. The summed E-state index contributed by atoms with van der Waals surface area (Å²) in [5, 5.41) is 0. The van der Waals surface area contributed by atoms with Gasteiger partial charge in [0.05, 0.1) is 12.2 Å². The van der Waals surface area contributed by atoms with Crippen LogP contribution in [-0.4, -0.2) is 24.6 Å². The van der Waals surface area contributed by atoms with E-state index in [4.69, 9.17) is 4.74 Å². The Morgan fingerprint density at radius 1 is 0.938 bits per heavy atom. The summed E-state index contributed by atoms with van der Waals surface area (Å²) in [7, 11) is 0. The number of ether oxygens (including phenoxy) is 1. The van der Waals surface area contributed by atoms with Gasteiger partial charge in [0.2, 0.25) is 0 Å². The van der Waals surface area contributed by atoms with Gasteiger partial charge in [-0.1, -0.05) is 13.3 Å². The van der Waals surface area contributed by atoms with Gasteiger partial charge in [0.15, 0.2) is 0 Å². The summed E-state index contributed by atoms with van der Waals surface area (Å²) in [5.74, 6) is 0.661. The second-order valence-electron chi connectivity index (χ2n) is 5.84. The summed E-state index contributed by atoms with van der Waals surface area (Å²) in [6.07, 6.45) is 2.21. The fourth-order valence-electron chi connectivity index (χ4n) is 3.94. The van der Waals surface area contributed by atoms with Gasteiger partial charge in [-0.05, 0) is 43.4 Å². The Morgan fingerprint density at radius 3 is 2.50 bits per heavy atom. The molecule has 0 spiro atoms. The zero-order valence-corrected chi connectivity index (χ0v) is 9.74. The van der Waals surface area contributed by atoms with E-state index in [9.17, 15) is 8.78 Å². The van der Waals surface area contributed by atoms with Crippen LogP contribution in [0.5, 0.6) is 0 Å². The molecule has 0 aromatic heterocycles. The van der Waals surface area contributed by atoms with Crippen molar-refractivity contribution >= 4 is 0 Å². The molecule has 1 aliphatic heterocycles. The number of rotatable bonds is 0. The van der Waals surface area contributed by atoms with Gasteiger partial charge in [0, 0.05) is 0 Å². The molecule has 0 aromatic carbocycles. The predicted octanol–water partition coefficient (Wildman–Crippen LogP) is 3.28. The molecule has 2 aliphatic carbocycles. The maximum atomic E-state index is 14.1. The van der Waals surface area contributed by atoms with Crippen LogP contribution in [0.1, 0.15) is 39.0 Å². The van der Waals surface area contributed by atoms with E-state index in [1.165, 1.54) is 0 Å². The van der Waals surface area contributed by atoms with Crippen LogP contribution in [0.25, 0.3) is 0 Å². The first-order chi connectivity index (χ1) is 7.68. The number of hydrogen-bond donors (Lipinski definition) is 0. The van der Waals surface area contributed by atoms with E-state index < -0.39 is 12.3 Å². The molecule has 0 amide bonds. The second kappa shape index (κ2) is 3.94. The maximum absolute atomic E-state index is 14.1. The van der Waals surface area contributed by atoms with Crippen molar-refractivity contribution in [3.63, 3.8) is 0 Å². The monoisotopic (exact) mass is 230 g/mol. The van der Waals surface area contributed by atoms with Crippen molar-refractivity contribution < 1.29 is 13.5 Å². The molecule has 1 heterocycles. The molecular formula is C13H20F2O. The van der Waals surface area contributed by atoms with E-state index in [1.807, 2.05) is 6.92 Å². The molecule has 0 radical (unpaired) electrons. The van der Waals surface area contributed by atoms with Gasteiger partial charge in [0.1, 0.15) is 12.3 Å². The average Bonchev–Trinajstić information content (AvgIpc) is 2.65. The van der Waals surface area contributed by atoms with Gasteiger partial charge in [-0.3, -0.25) is 0 Å². The fourth-order valence-corrected chi connectivity index (χ4v) is 3.94. The molecule has 92 valence electrons. The lowest BCUT2D eigenvalue weighted by molar-refractivity contribution is -0.0741. The standard InChI is InChI=1S/C13H20F2O/c1-7-5-6-9-8-3-2-4-10(14)12(8)16-13(9)11(7)15/h7-13H,2-6H2,1H3. The van der Waals surface area contributed by atoms with E-state index in [0.29, 0.717) is 12.3 Å². The van der Waals surface area contributed by atoms with Gasteiger partial charge in [-0.2, -0.15) is 0 Å². The highest BCUT2D eigenvalue weighted by atomic mass is 19.1. The summed E-state index contributed by atoms with van der Waals surface area (Å²) < 4.78 is 33.5. The van der Waals surface area contributed by atoms with Crippen molar-refractivity contribution in [2.75, 3.05) is 0 Å². The molecule has 7 unspecified atom stereocenters. The molecule has 1 saturated heterocycles. The van der Waals surface area contributed by atoms with Gasteiger partial charge >= 0.3 is 0 Å². The van der Waals surface area contributed by atoms with Crippen molar-refractivity contribution in [2.24, 2.45) is 17.8 Å². The summed E-state index contributed by atoms with van der Waals surface area (Å²) in [6, 6.07) is 0. The summed E-state index contributed by atoms with van der Waals surface area (Å²) >= 11 is 0. The minimum absolute atomic E-state index is 0.0828. The molecule has 7 atom stereocenters. The SMILES string of the molecule is CC1CCC2C3CCCC(F)C3OC2C1F. The van der Waals surface area contributed by atoms with Crippen LogP contribution >= 0.6 is 0 Å². The van der Waals surface area contributed by atoms with Gasteiger partial charge in [-0.15, -0.1) is 0 Å². The third-order valence-electron chi connectivity index (χ3n) is 4.89. The molecule has 0 N–H and O–H groups in total. The molecule has 3 aliphatic rings. The maximum Gasteiger partial charge on any atom is 0.129 e. The van der Waals surface area contributed by atoms with Crippen molar-refractivity contribution in [3.8, 4) is 0 Å². The molecule has 2 saturated carbocycles. The van der Waals surface area contributed by atoms with Crippen molar-refractivity contribution in [1.82, 2.24) is 0 Å². The summed E-state index contributed by atoms with van der Waals surface area (Å²) in [4.78, 5) is 0. The molecule has 16 heavy (non-hydrogen) atoms. The van der Waals surface area contributed by atoms with Crippen LogP contribution < -0.4 is 0 Å². The molecular weight excluding hydrogens is 210 g/mol. The Morgan fingerprint density at radius 2 is 1.69 bits per heavy atom. The van der Waals surface area contributed by atoms with Crippen molar-refractivity contribution in [2.45, 2.75) is 63.6 Å². The van der Waals surface area contributed by atoms with Crippen molar-refractivity contribution in [3.05, 3.63) is 0 Å².